The summed E-state index contributed by atoms with van der Waals surface area (Å²) < 4.78 is 11.3. The summed E-state index contributed by atoms with van der Waals surface area (Å²) in [6.07, 6.45) is 1.54. The molecule has 5 unspecified atom stereocenters. The van der Waals surface area contributed by atoms with Crippen molar-refractivity contribution in [2.24, 2.45) is 11.8 Å². The number of phenols is 1. The van der Waals surface area contributed by atoms with E-state index in [0.717, 1.165) is 0 Å². The monoisotopic (exact) mass is 419 g/mol. The lowest BCUT2D eigenvalue weighted by Gasteiger charge is -2.40. The number of halogens is 1. The Morgan fingerprint density at radius 3 is 2.83 bits per heavy atom. The number of aromatic hydroxyl groups is 1. The van der Waals surface area contributed by atoms with Crippen LogP contribution in [-0.4, -0.2) is 53.4 Å². The minimum atomic E-state index is -0.567. The largest absolute Gasteiger partial charge is 0.508 e. The number of ketones is 1. The molecule has 0 aromatic heterocycles. The molecule has 3 aliphatic rings. The number of ether oxygens (including phenoxy) is 2. The van der Waals surface area contributed by atoms with Crippen molar-refractivity contribution in [2.45, 2.75) is 43.7 Å². The summed E-state index contributed by atoms with van der Waals surface area (Å²) in [5.41, 5.74) is 1.10. The predicted molar refractivity (Wildman–Crippen MR) is 107 cm³/mol. The number of carbonyl (C=O) groups excluding carboxylic acids is 2. The lowest BCUT2D eigenvalue weighted by molar-refractivity contribution is -0.136. The van der Waals surface area contributed by atoms with Gasteiger partial charge in [-0.3, -0.25) is 9.59 Å². The Morgan fingerprint density at radius 2 is 2.10 bits per heavy atom. The highest BCUT2D eigenvalue weighted by Crippen LogP contribution is 2.48. The van der Waals surface area contributed by atoms with Gasteiger partial charge in [-0.25, -0.2) is 0 Å². The molecular weight excluding hydrogens is 394 g/mol. The molecule has 0 radical (unpaired) electrons. The van der Waals surface area contributed by atoms with Crippen LogP contribution >= 0.6 is 11.6 Å². The van der Waals surface area contributed by atoms with Crippen molar-refractivity contribution in [1.29, 1.82) is 0 Å². The zero-order valence-electron chi connectivity index (χ0n) is 16.6. The molecule has 4 rings (SSSR count). The summed E-state index contributed by atoms with van der Waals surface area (Å²) >= 11 is 6.46. The molecule has 1 aromatic rings. The number of amides is 1. The molecule has 0 bridgehead atoms. The summed E-state index contributed by atoms with van der Waals surface area (Å²) in [5.74, 6) is -0.165. The van der Waals surface area contributed by atoms with Crippen LogP contribution in [0.3, 0.4) is 0 Å². The van der Waals surface area contributed by atoms with Gasteiger partial charge in [-0.15, -0.1) is 11.6 Å². The fourth-order valence-corrected chi connectivity index (χ4v) is 5.01. The molecule has 0 saturated heterocycles. The van der Waals surface area contributed by atoms with Gasteiger partial charge in [0.15, 0.2) is 11.5 Å². The molecule has 1 aliphatic carbocycles. The highest BCUT2D eigenvalue weighted by molar-refractivity contribution is 6.21. The Kier molecular flexibility index (Phi) is 5.58. The zero-order chi connectivity index (χ0) is 20.7. The van der Waals surface area contributed by atoms with Gasteiger partial charge in [0.2, 0.25) is 0 Å². The van der Waals surface area contributed by atoms with E-state index in [4.69, 9.17) is 21.1 Å². The molecule has 5 atom stereocenters. The zero-order valence-corrected chi connectivity index (χ0v) is 17.4. The average molecular weight is 420 g/mol. The van der Waals surface area contributed by atoms with E-state index in [9.17, 15) is 14.7 Å². The van der Waals surface area contributed by atoms with Crippen molar-refractivity contribution in [3.8, 4) is 5.75 Å². The standard InChI is InChI=1S/C22H26ClNO5/c1-12-9-17-15(11-16(12)23)20(26)18-19(13-5-3-6-14(25)10-13)24(7-4-8-28-2)22(27)21(18)29-17/h3,5-6,10,12,15-17,19,25H,4,7-9,11H2,1-2H3. The number of methoxy groups -OCH3 is 1. The van der Waals surface area contributed by atoms with Crippen LogP contribution in [0.1, 0.15) is 37.8 Å². The lowest BCUT2D eigenvalue weighted by atomic mass is 9.74. The second-order valence-electron chi connectivity index (χ2n) is 8.18. The SMILES string of the molecule is COCCCN1C(=O)C2=C(C(=O)C3CC(Cl)C(C)CC3O2)C1c1cccc(O)c1. The van der Waals surface area contributed by atoms with E-state index in [0.29, 0.717) is 43.6 Å². The molecule has 1 saturated carbocycles. The van der Waals surface area contributed by atoms with Gasteiger partial charge in [-0.2, -0.15) is 0 Å². The predicted octanol–water partition coefficient (Wildman–Crippen LogP) is 3.19. The van der Waals surface area contributed by atoms with Gasteiger partial charge in [0.25, 0.3) is 5.91 Å². The fraction of sp³-hybridized carbons (Fsp3) is 0.545. The molecule has 1 aromatic carbocycles. The van der Waals surface area contributed by atoms with Crippen molar-refractivity contribution in [3.05, 3.63) is 41.2 Å². The van der Waals surface area contributed by atoms with Crippen LogP contribution in [0, 0.1) is 11.8 Å². The minimum absolute atomic E-state index is 0.0512. The Morgan fingerprint density at radius 1 is 1.31 bits per heavy atom. The molecule has 7 heteroatoms. The van der Waals surface area contributed by atoms with E-state index >= 15 is 0 Å². The van der Waals surface area contributed by atoms with Crippen LogP contribution in [0.5, 0.6) is 5.75 Å². The fourth-order valence-electron chi connectivity index (χ4n) is 4.72. The maximum absolute atomic E-state index is 13.5. The lowest BCUT2D eigenvalue weighted by Crippen LogP contribution is -2.44. The maximum Gasteiger partial charge on any atom is 0.290 e. The van der Waals surface area contributed by atoms with E-state index in [1.54, 1.807) is 30.2 Å². The summed E-state index contributed by atoms with van der Waals surface area (Å²) in [5, 5.41) is 9.90. The number of hydrogen-bond donors (Lipinski definition) is 1. The molecule has 1 fully saturated rings. The normalized spacial score (nSPS) is 31.6. The second-order valence-corrected chi connectivity index (χ2v) is 8.74. The van der Waals surface area contributed by atoms with E-state index in [-0.39, 0.29) is 46.5 Å². The van der Waals surface area contributed by atoms with Crippen LogP contribution in [0.2, 0.25) is 0 Å². The molecule has 1 N–H and O–H groups in total. The van der Waals surface area contributed by atoms with E-state index in [1.165, 1.54) is 0 Å². The highest BCUT2D eigenvalue weighted by atomic mass is 35.5. The van der Waals surface area contributed by atoms with Crippen LogP contribution in [0.15, 0.2) is 35.6 Å². The maximum atomic E-state index is 13.5. The van der Waals surface area contributed by atoms with Crippen molar-refractivity contribution in [2.75, 3.05) is 20.3 Å². The molecule has 2 aliphatic heterocycles. The van der Waals surface area contributed by atoms with Crippen molar-refractivity contribution < 1.29 is 24.2 Å². The van der Waals surface area contributed by atoms with Crippen LogP contribution in [-0.2, 0) is 19.1 Å². The number of rotatable bonds is 5. The Labute approximate surface area is 175 Å². The van der Waals surface area contributed by atoms with Gasteiger partial charge in [-0.1, -0.05) is 19.1 Å². The number of fused-ring (bicyclic) bond motifs is 1. The van der Waals surface area contributed by atoms with Gasteiger partial charge in [0, 0.05) is 25.6 Å². The first kappa shape index (κ1) is 20.2. The van der Waals surface area contributed by atoms with E-state index in [1.807, 2.05) is 6.07 Å². The number of phenolic OH excluding ortho intramolecular Hbond substituents is 1. The molecule has 29 heavy (non-hydrogen) atoms. The third kappa shape index (κ3) is 3.53. The number of hydrogen-bond acceptors (Lipinski definition) is 5. The third-order valence-corrected chi connectivity index (χ3v) is 6.85. The quantitative estimate of drug-likeness (QED) is 0.586. The van der Waals surface area contributed by atoms with Gasteiger partial charge in [-0.05, 0) is 42.9 Å². The first-order chi connectivity index (χ1) is 13.9. The van der Waals surface area contributed by atoms with Crippen molar-refractivity contribution >= 4 is 23.3 Å². The second kappa shape index (κ2) is 8.00. The molecule has 2 heterocycles. The summed E-state index contributed by atoms with van der Waals surface area (Å²) in [6.45, 7) is 2.99. The Balaban J connectivity index is 1.73. The minimum Gasteiger partial charge on any atom is -0.508 e. The molecule has 156 valence electrons. The van der Waals surface area contributed by atoms with Crippen LogP contribution in [0.25, 0.3) is 0 Å². The van der Waals surface area contributed by atoms with Gasteiger partial charge >= 0.3 is 0 Å². The first-order valence-corrected chi connectivity index (χ1v) is 10.5. The van der Waals surface area contributed by atoms with Gasteiger partial charge in [0.05, 0.1) is 17.5 Å². The number of carbonyl (C=O) groups is 2. The van der Waals surface area contributed by atoms with Crippen molar-refractivity contribution in [1.82, 2.24) is 4.90 Å². The smallest absolute Gasteiger partial charge is 0.290 e. The Bertz CT molecular complexity index is 853. The average Bonchev–Trinajstić information content (AvgIpc) is 2.96. The van der Waals surface area contributed by atoms with E-state index in [2.05, 4.69) is 6.92 Å². The summed E-state index contributed by atoms with van der Waals surface area (Å²) in [6, 6.07) is 6.14. The van der Waals surface area contributed by atoms with Crippen molar-refractivity contribution in [3.63, 3.8) is 0 Å². The van der Waals surface area contributed by atoms with Crippen LogP contribution in [0.4, 0.5) is 0 Å². The molecular formula is C22H26ClNO5. The van der Waals surface area contributed by atoms with Gasteiger partial charge in [0.1, 0.15) is 11.9 Å². The third-order valence-electron chi connectivity index (χ3n) is 6.24. The first-order valence-electron chi connectivity index (χ1n) is 10.1. The molecule has 1 amide bonds. The Hall–Kier alpha value is -2.05. The van der Waals surface area contributed by atoms with Crippen LogP contribution < -0.4 is 0 Å². The number of alkyl halides is 1. The topological polar surface area (TPSA) is 76.1 Å². The van der Waals surface area contributed by atoms with Gasteiger partial charge < -0.3 is 19.5 Å². The number of benzene rings is 1. The number of nitrogens with zero attached hydrogens (tertiary/aromatic N) is 1. The summed E-state index contributed by atoms with van der Waals surface area (Å²) in [4.78, 5) is 28.4. The molecule has 0 spiro atoms. The summed E-state index contributed by atoms with van der Waals surface area (Å²) in [7, 11) is 1.61. The van der Waals surface area contributed by atoms with E-state index < -0.39 is 6.04 Å². The molecule has 6 nitrogen and oxygen atoms in total. The number of Topliss-reactive ketones (excluding diaryl/α,β-unsaturated/α-hetero) is 1. The highest BCUT2D eigenvalue weighted by Gasteiger charge is 2.53.